The van der Waals surface area contributed by atoms with Gasteiger partial charge in [0.05, 0.1) is 0 Å². The predicted molar refractivity (Wildman–Crippen MR) is 138 cm³/mol. The molecule has 46 heavy (non-hydrogen) atoms. The summed E-state index contributed by atoms with van der Waals surface area (Å²) in [5.41, 5.74) is 0. The summed E-state index contributed by atoms with van der Waals surface area (Å²) in [5, 5.41) is 0. The van der Waals surface area contributed by atoms with E-state index >= 15 is 0 Å². The minimum Gasteiger partial charge on any atom is -0.324 e. The molecule has 0 aromatic rings. The van der Waals surface area contributed by atoms with E-state index < -0.39 is 109 Å². The summed E-state index contributed by atoms with van der Waals surface area (Å²) >= 11 is 0. The third-order valence-corrected chi connectivity index (χ3v) is 9.11. The van der Waals surface area contributed by atoms with Gasteiger partial charge in [0.1, 0.15) is 37.7 Å². The second kappa shape index (κ2) is 29.9. The second-order valence-electron chi connectivity index (χ2n) is 8.86. The average Bonchev–Trinajstić information content (AvgIpc) is 2.60. The molecule has 0 amide bonds. The van der Waals surface area contributed by atoms with E-state index in [-0.39, 0.29) is 190 Å². The van der Waals surface area contributed by atoms with E-state index in [2.05, 4.69) is 0 Å². The van der Waals surface area contributed by atoms with Gasteiger partial charge >= 0.3 is 223 Å². The molecule has 242 valence electrons. The molecule has 0 aliphatic rings. The summed E-state index contributed by atoms with van der Waals surface area (Å²) in [6.07, 6.45) is -6.33. The first-order chi connectivity index (χ1) is 17.5. The van der Waals surface area contributed by atoms with Crippen LogP contribution in [0.4, 0.5) is 0 Å². The second-order valence-corrected chi connectivity index (χ2v) is 18.5. The summed E-state index contributed by atoms with van der Waals surface area (Å²) in [5.74, 6) is 0. The maximum Gasteiger partial charge on any atom is 1.00 e. The van der Waals surface area contributed by atoms with Crippen LogP contribution in [0.5, 0.6) is 0 Å². The fourth-order valence-electron chi connectivity index (χ4n) is 3.29. The minimum absolute atomic E-state index is 0. The third-order valence-electron chi connectivity index (χ3n) is 4.50. The van der Waals surface area contributed by atoms with Crippen LogP contribution < -0.4 is 177 Å². The molecular formula is C12H36N4Na6O18P6+6. The van der Waals surface area contributed by atoms with Gasteiger partial charge in [-0.1, -0.05) is 0 Å². The van der Waals surface area contributed by atoms with Gasteiger partial charge in [-0.25, -0.2) is 0 Å². The van der Waals surface area contributed by atoms with Crippen molar-refractivity contribution in [2.45, 2.75) is 0 Å². The first-order valence-corrected chi connectivity index (χ1v) is 21.5. The average molecular weight is 848 g/mol. The zero-order valence-corrected chi connectivity index (χ0v) is 44.1. The zero-order chi connectivity index (χ0) is 31.8. The zero-order valence-electron chi connectivity index (χ0n) is 26.8. The Balaban J connectivity index is -0.000000507. The van der Waals surface area contributed by atoms with Gasteiger partial charge in [0, 0.05) is 39.3 Å². The Morgan fingerprint density at radius 2 is 0.370 bits per heavy atom. The molecule has 0 aliphatic heterocycles. The van der Waals surface area contributed by atoms with E-state index in [9.17, 15) is 47.0 Å². The molecule has 22 nitrogen and oxygen atoms in total. The molecule has 34 heteroatoms. The molecule has 0 bridgehead atoms. The van der Waals surface area contributed by atoms with E-state index in [0.29, 0.717) is 9.80 Å². The van der Waals surface area contributed by atoms with Crippen LogP contribution in [0.3, 0.4) is 0 Å². The quantitative estimate of drug-likeness (QED) is 0.0377. The summed E-state index contributed by atoms with van der Waals surface area (Å²) in [6, 6.07) is 0. The molecule has 0 saturated carbocycles. The summed E-state index contributed by atoms with van der Waals surface area (Å²) < 4.78 is 68.5. The number of rotatable bonds is 21. The fourth-order valence-corrected chi connectivity index (χ4v) is 8.26. The minimum atomic E-state index is -4.81. The molecule has 0 spiro atoms. The molecule has 0 unspecified atom stereocenters. The van der Waals surface area contributed by atoms with Crippen molar-refractivity contribution in [3.05, 3.63) is 0 Å². The Hall–Kier alpha value is 6.74. The van der Waals surface area contributed by atoms with E-state index in [0.717, 1.165) is 9.80 Å². The van der Waals surface area contributed by atoms with Crippen molar-refractivity contribution < 1.29 is 263 Å². The van der Waals surface area contributed by atoms with E-state index in [1.54, 1.807) is 0 Å². The van der Waals surface area contributed by atoms with Crippen LogP contribution in [0.25, 0.3) is 0 Å². The maximum absolute atomic E-state index is 11.6. The van der Waals surface area contributed by atoms with Crippen molar-refractivity contribution in [1.82, 2.24) is 19.6 Å². The molecule has 0 aromatic carbocycles. The summed E-state index contributed by atoms with van der Waals surface area (Å²) in [4.78, 5) is 114. The largest absolute Gasteiger partial charge is 1.00 e. The van der Waals surface area contributed by atoms with E-state index in [4.69, 9.17) is 39.1 Å². The monoisotopic (exact) mass is 848 g/mol. The van der Waals surface area contributed by atoms with Gasteiger partial charge in [-0.2, -0.15) is 0 Å². The standard InChI is InChI=1S/C12H36N4O18P6.6Na/c17-35(18,19)7-13(3-5-15(9-37(23,24)25)10-38(26,27)28)1-2-14(8-36(20,21)22)4-6-16(11-39(29,30)31)12-40(32,33)34;;;;;;/h1-12H2,(H2,17,18,19)(H2,20,21,22)(H2,23,24,25)(H2,26,27,28)(H2,29,30,31)(H2,32,33,34);;;;;;/q;6*+1. The number of hydrogen-bond acceptors (Lipinski definition) is 10. The van der Waals surface area contributed by atoms with Crippen molar-refractivity contribution in [2.75, 3.05) is 77.0 Å². The number of nitrogens with zero attached hydrogens (tertiary/aromatic N) is 4. The first kappa shape index (κ1) is 67.5. The number of hydrogen-bond donors (Lipinski definition) is 12. The van der Waals surface area contributed by atoms with Crippen LogP contribution in [0.15, 0.2) is 0 Å². The van der Waals surface area contributed by atoms with Crippen LogP contribution in [0, 0.1) is 0 Å². The van der Waals surface area contributed by atoms with E-state index in [1.807, 2.05) is 0 Å². The van der Waals surface area contributed by atoms with Crippen LogP contribution in [0.2, 0.25) is 0 Å². The molecule has 0 aliphatic carbocycles. The van der Waals surface area contributed by atoms with Crippen molar-refractivity contribution >= 4 is 45.6 Å². The molecule has 0 heterocycles. The molecular weight excluding hydrogens is 812 g/mol. The summed E-state index contributed by atoms with van der Waals surface area (Å²) in [7, 11) is -28.8. The molecule has 0 fully saturated rings. The molecule has 0 rings (SSSR count). The SMILES string of the molecule is O=P(O)(O)CN(CCN(CCN(CP(=O)(O)O)CP(=O)(O)O)CP(=O)(O)O)CCN(CP(=O)(O)O)CP(=O)(O)O.[Na+].[Na+].[Na+].[Na+].[Na+].[Na+]. The van der Waals surface area contributed by atoms with Crippen molar-refractivity contribution in [3.63, 3.8) is 0 Å². The van der Waals surface area contributed by atoms with Gasteiger partial charge in [-0.05, 0) is 0 Å². The van der Waals surface area contributed by atoms with Gasteiger partial charge in [0.25, 0.3) is 0 Å². The van der Waals surface area contributed by atoms with Gasteiger partial charge in [0.15, 0.2) is 0 Å². The van der Waals surface area contributed by atoms with Crippen LogP contribution >= 0.6 is 45.6 Å². The van der Waals surface area contributed by atoms with Gasteiger partial charge in [0.2, 0.25) is 0 Å². The van der Waals surface area contributed by atoms with Crippen molar-refractivity contribution in [3.8, 4) is 0 Å². The smallest absolute Gasteiger partial charge is 0.324 e. The van der Waals surface area contributed by atoms with Gasteiger partial charge in [-0.15, -0.1) is 0 Å². The molecule has 0 radical (unpaired) electrons. The molecule has 12 N–H and O–H groups in total. The Bertz CT molecular complexity index is 967. The molecule has 0 saturated heterocycles. The van der Waals surface area contributed by atoms with Gasteiger partial charge in [-0.3, -0.25) is 47.0 Å². The Labute approximate surface area is 399 Å². The maximum atomic E-state index is 11.6. The third kappa shape index (κ3) is 46.9. The predicted octanol–water partition coefficient (Wildman–Crippen LogP) is -21.0. The van der Waals surface area contributed by atoms with Crippen LogP contribution in [0.1, 0.15) is 0 Å². The summed E-state index contributed by atoms with van der Waals surface area (Å²) in [6.45, 7) is -2.65. The molecule has 0 atom stereocenters. The molecule has 0 aromatic heterocycles. The van der Waals surface area contributed by atoms with Crippen molar-refractivity contribution in [1.29, 1.82) is 0 Å². The normalized spacial score (nSPS) is 12.8. The van der Waals surface area contributed by atoms with Gasteiger partial charge < -0.3 is 58.7 Å². The first-order valence-electron chi connectivity index (χ1n) is 10.7. The van der Waals surface area contributed by atoms with Crippen molar-refractivity contribution in [2.24, 2.45) is 0 Å². The van der Waals surface area contributed by atoms with E-state index in [1.165, 1.54) is 0 Å². The Morgan fingerprint density at radius 3 is 0.500 bits per heavy atom. The fraction of sp³-hybridized carbons (Fsp3) is 1.00. The Morgan fingerprint density at radius 1 is 0.261 bits per heavy atom. The topological polar surface area (TPSA) is 358 Å². The van der Waals surface area contributed by atoms with Crippen LogP contribution in [-0.2, 0) is 27.4 Å². The van der Waals surface area contributed by atoms with Crippen LogP contribution in [-0.4, -0.2) is 155 Å². The Kier molecular flexibility index (Phi) is 43.9.